The van der Waals surface area contributed by atoms with Gasteiger partial charge in [0.2, 0.25) is 0 Å². The Morgan fingerprint density at radius 2 is 1.76 bits per heavy atom. The summed E-state index contributed by atoms with van der Waals surface area (Å²) in [5.74, 6) is -0.00704. The Morgan fingerprint density at radius 1 is 1.10 bits per heavy atom. The quantitative estimate of drug-likeness (QED) is 0.760. The van der Waals surface area contributed by atoms with E-state index >= 15 is 0 Å². The predicted octanol–water partition coefficient (Wildman–Crippen LogP) is 2.70. The van der Waals surface area contributed by atoms with Crippen molar-refractivity contribution in [2.75, 3.05) is 10.5 Å². The second-order valence-corrected chi connectivity index (χ2v) is 6.64. The fourth-order valence-electron chi connectivity index (χ4n) is 2.22. The van der Waals surface area contributed by atoms with Gasteiger partial charge in [0, 0.05) is 11.8 Å². The van der Waals surface area contributed by atoms with Crippen LogP contribution in [0.5, 0.6) is 5.75 Å². The maximum Gasteiger partial charge on any atom is 0.262 e. The number of nitrogens with two attached hydrogens (primary N) is 1. The standard InChI is InChI=1S/C15H18N2O3S/c1-9-7-14(16)11(3)15(10(9)2)21(19,20)17-12-5-4-6-13(18)8-12/h4-8,17-18H,16H2,1-3H3. The van der Waals surface area contributed by atoms with E-state index in [4.69, 9.17) is 5.73 Å². The second kappa shape index (κ2) is 5.29. The van der Waals surface area contributed by atoms with Gasteiger partial charge in [0.25, 0.3) is 10.0 Å². The maximum atomic E-state index is 12.6. The summed E-state index contributed by atoms with van der Waals surface area (Å²) in [7, 11) is -3.78. The maximum absolute atomic E-state index is 12.6. The number of nitrogen functional groups attached to an aromatic ring is 1. The van der Waals surface area contributed by atoms with Crippen molar-refractivity contribution in [2.24, 2.45) is 0 Å². The number of hydrogen-bond donors (Lipinski definition) is 3. The molecule has 0 atom stereocenters. The van der Waals surface area contributed by atoms with Gasteiger partial charge in [0.15, 0.2) is 0 Å². The highest BCUT2D eigenvalue weighted by Crippen LogP contribution is 2.29. The first-order chi connectivity index (χ1) is 9.72. The summed E-state index contributed by atoms with van der Waals surface area (Å²) in [5, 5.41) is 9.42. The summed E-state index contributed by atoms with van der Waals surface area (Å²) >= 11 is 0. The summed E-state index contributed by atoms with van der Waals surface area (Å²) in [6.45, 7) is 5.25. The molecule has 0 aliphatic carbocycles. The molecular formula is C15H18N2O3S. The summed E-state index contributed by atoms with van der Waals surface area (Å²) in [5.41, 5.74) is 8.61. The number of aryl methyl sites for hydroxylation is 1. The van der Waals surface area contributed by atoms with Crippen LogP contribution in [0.2, 0.25) is 0 Å². The number of aromatic hydroxyl groups is 1. The monoisotopic (exact) mass is 306 g/mol. The highest BCUT2D eigenvalue weighted by molar-refractivity contribution is 7.92. The van der Waals surface area contributed by atoms with E-state index in [0.717, 1.165) is 5.56 Å². The van der Waals surface area contributed by atoms with Crippen LogP contribution in [0.25, 0.3) is 0 Å². The molecule has 2 rings (SSSR count). The lowest BCUT2D eigenvalue weighted by atomic mass is 10.1. The Hall–Kier alpha value is -2.21. The Morgan fingerprint density at radius 3 is 2.38 bits per heavy atom. The van der Waals surface area contributed by atoms with Crippen molar-refractivity contribution >= 4 is 21.4 Å². The largest absolute Gasteiger partial charge is 0.508 e. The second-order valence-electron chi connectivity index (χ2n) is 5.02. The van der Waals surface area contributed by atoms with Crippen molar-refractivity contribution < 1.29 is 13.5 Å². The predicted molar refractivity (Wildman–Crippen MR) is 84.0 cm³/mol. The van der Waals surface area contributed by atoms with Gasteiger partial charge in [-0.15, -0.1) is 0 Å². The van der Waals surface area contributed by atoms with Crippen LogP contribution in [-0.2, 0) is 10.0 Å². The van der Waals surface area contributed by atoms with Crippen LogP contribution in [0.4, 0.5) is 11.4 Å². The van der Waals surface area contributed by atoms with Crippen LogP contribution in [0.3, 0.4) is 0 Å². The summed E-state index contributed by atoms with van der Waals surface area (Å²) in [4.78, 5) is 0.184. The molecule has 5 nitrogen and oxygen atoms in total. The summed E-state index contributed by atoms with van der Waals surface area (Å²) in [6.07, 6.45) is 0. The highest BCUT2D eigenvalue weighted by Gasteiger charge is 2.22. The molecule has 21 heavy (non-hydrogen) atoms. The lowest BCUT2D eigenvalue weighted by Gasteiger charge is -2.16. The van der Waals surface area contributed by atoms with Gasteiger partial charge >= 0.3 is 0 Å². The molecule has 2 aromatic carbocycles. The number of benzene rings is 2. The van der Waals surface area contributed by atoms with Gasteiger partial charge in [-0.3, -0.25) is 4.72 Å². The average Bonchev–Trinajstić information content (AvgIpc) is 2.35. The van der Waals surface area contributed by atoms with Gasteiger partial charge in [-0.2, -0.15) is 0 Å². The first kappa shape index (κ1) is 15.2. The van der Waals surface area contributed by atoms with Crippen LogP contribution < -0.4 is 10.5 Å². The normalized spacial score (nSPS) is 11.4. The molecule has 0 radical (unpaired) electrons. The van der Waals surface area contributed by atoms with Gasteiger partial charge in [0.05, 0.1) is 10.6 Å². The smallest absolute Gasteiger partial charge is 0.262 e. The molecule has 0 fully saturated rings. The molecule has 0 aliphatic rings. The van der Waals surface area contributed by atoms with Gasteiger partial charge < -0.3 is 10.8 Å². The van der Waals surface area contributed by atoms with Gasteiger partial charge in [-0.05, 0) is 55.7 Å². The minimum atomic E-state index is -3.78. The lowest BCUT2D eigenvalue weighted by Crippen LogP contribution is -2.17. The molecule has 0 aliphatic heterocycles. The Balaban J connectivity index is 2.55. The zero-order valence-corrected chi connectivity index (χ0v) is 13.0. The molecule has 0 saturated heterocycles. The molecule has 0 spiro atoms. The van der Waals surface area contributed by atoms with E-state index in [1.165, 1.54) is 12.1 Å². The molecule has 6 heteroatoms. The molecule has 0 aromatic heterocycles. The van der Waals surface area contributed by atoms with Crippen LogP contribution >= 0.6 is 0 Å². The zero-order valence-electron chi connectivity index (χ0n) is 12.1. The van der Waals surface area contributed by atoms with Crippen LogP contribution in [-0.4, -0.2) is 13.5 Å². The van der Waals surface area contributed by atoms with E-state index in [1.54, 1.807) is 32.0 Å². The average molecular weight is 306 g/mol. The number of hydrogen-bond acceptors (Lipinski definition) is 4. The molecule has 4 N–H and O–H groups in total. The topological polar surface area (TPSA) is 92.4 Å². The van der Waals surface area contributed by atoms with E-state index in [1.807, 2.05) is 6.92 Å². The molecule has 0 saturated carbocycles. The van der Waals surface area contributed by atoms with Crippen molar-refractivity contribution in [1.82, 2.24) is 0 Å². The fourth-order valence-corrected chi connectivity index (χ4v) is 3.84. The third-order valence-electron chi connectivity index (χ3n) is 3.44. The van der Waals surface area contributed by atoms with E-state index < -0.39 is 10.0 Å². The Bertz CT molecular complexity index is 773. The number of rotatable bonds is 3. The van der Waals surface area contributed by atoms with E-state index in [-0.39, 0.29) is 10.6 Å². The van der Waals surface area contributed by atoms with Crippen molar-refractivity contribution in [2.45, 2.75) is 25.7 Å². The molecule has 0 bridgehead atoms. The van der Waals surface area contributed by atoms with Crippen LogP contribution in [0.15, 0.2) is 35.2 Å². The highest BCUT2D eigenvalue weighted by atomic mass is 32.2. The fraction of sp³-hybridized carbons (Fsp3) is 0.200. The first-order valence-electron chi connectivity index (χ1n) is 6.40. The van der Waals surface area contributed by atoms with Crippen molar-refractivity contribution in [1.29, 1.82) is 0 Å². The Kier molecular flexibility index (Phi) is 3.82. The Labute approximate surface area is 124 Å². The summed E-state index contributed by atoms with van der Waals surface area (Å²) in [6, 6.07) is 7.72. The number of nitrogens with one attached hydrogen (secondary N) is 1. The minimum absolute atomic E-state index is 0.00704. The van der Waals surface area contributed by atoms with Crippen molar-refractivity contribution in [3.8, 4) is 5.75 Å². The van der Waals surface area contributed by atoms with E-state index in [2.05, 4.69) is 4.72 Å². The number of phenolic OH excluding ortho intramolecular Hbond substituents is 1. The third-order valence-corrected chi connectivity index (χ3v) is 5.10. The third kappa shape index (κ3) is 2.95. The van der Waals surface area contributed by atoms with Gasteiger partial charge in [-0.1, -0.05) is 6.07 Å². The van der Waals surface area contributed by atoms with Crippen LogP contribution in [0, 0.1) is 20.8 Å². The molecule has 0 heterocycles. The van der Waals surface area contributed by atoms with Crippen molar-refractivity contribution in [3.05, 3.63) is 47.0 Å². The van der Waals surface area contributed by atoms with Gasteiger partial charge in [-0.25, -0.2) is 8.42 Å². The zero-order chi connectivity index (χ0) is 15.8. The first-order valence-corrected chi connectivity index (χ1v) is 7.89. The van der Waals surface area contributed by atoms with Gasteiger partial charge in [0.1, 0.15) is 5.75 Å². The molecule has 112 valence electrons. The molecular weight excluding hydrogens is 288 g/mol. The van der Waals surface area contributed by atoms with E-state index in [0.29, 0.717) is 22.5 Å². The minimum Gasteiger partial charge on any atom is -0.508 e. The molecule has 2 aromatic rings. The number of anilines is 2. The van der Waals surface area contributed by atoms with Crippen molar-refractivity contribution in [3.63, 3.8) is 0 Å². The van der Waals surface area contributed by atoms with Crippen LogP contribution in [0.1, 0.15) is 16.7 Å². The SMILES string of the molecule is Cc1cc(N)c(C)c(S(=O)(=O)Nc2cccc(O)c2)c1C. The van der Waals surface area contributed by atoms with E-state index in [9.17, 15) is 13.5 Å². The lowest BCUT2D eigenvalue weighted by molar-refractivity contribution is 0.475. The summed E-state index contributed by atoms with van der Waals surface area (Å²) < 4.78 is 27.7. The molecule has 0 amide bonds. The molecule has 0 unspecified atom stereocenters. The number of phenols is 1. The number of sulfonamides is 1.